The lowest BCUT2D eigenvalue weighted by Crippen LogP contribution is -2.50. The van der Waals surface area contributed by atoms with Gasteiger partial charge in [-0.1, -0.05) is 37.1 Å². The molecule has 0 radical (unpaired) electrons. The molecule has 0 amide bonds. The third-order valence-electron chi connectivity index (χ3n) is 6.95. The van der Waals surface area contributed by atoms with E-state index in [1.165, 1.54) is 56.2 Å². The summed E-state index contributed by atoms with van der Waals surface area (Å²) >= 11 is 0. The van der Waals surface area contributed by atoms with Crippen molar-refractivity contribution in [2.24, 2.45) is 5.92 Å². The van der Waals surface area contributed by atoms with Crippen LogP contribution in [0.5, 0.6) is 0 Å². The van der Waals surface area contributed by atoms with Crippen molar-refractivity contribution in [2.75, 3.05) is 26.3 Å². The van der Waals surface area contributed by atoms with Crippen molar-refractivity contribution in [3.8, 4) is 0 Å². The molecule has 27 heavy (non-hydrogen) atoms. The molecule has 1 aromatic carbocycles. The van der Waals surface area contributed by atoms with Crippen LogP contribution in [0.2, 0.25) is 0 Å². The van der Waals surface area contributed by atoms with E-state index in [-0.39, 0.29) is 0 Å². The summed E-state index contributed by atoms with van der Waals surface area (Å²) in [5.74, 6) is 0.713. The zero-order valence-corrected chi connectivity index (χ0v) is 17.0. The van der Waals surface area contributed by atoms with Crippen LogP contribution in [0.1, 0.15) is 56.6 Å². The Morgan fingerprint density at radius 2 is 1.93 bits per heavy atom. The highest BCUT2D eigenvalue weighted by Crippen LogP contribution is 2.29. The molecule has 2 saturated heterocycles. The molecule has 4 rings (SSSR count). The molecular weight excluding hydrogens is 334 g/mol. The van der Waals surface area contributed by atoms with E-state index in [1.54, 1.807) is 0 Å². The van der Waals surface area contributed by atoms with Crippen molar-refractivity contribution in [1.82, 2.24) is 15.5 Å². The van der Waals surface area contributed by atoms with E-state index in [9.17, 15) is 0 Å². The molecule has 4 unspecified atom stereocenters. The number of piperidine rings is 1. The van der Waals surface area contributed by atoms with Gasteiger partial charge in [0.15, 0.2) is 0 Å². The third kappa shape index (κ3) is 5.11. The number of likely N-dealkylation sites (tertiary alicyclic amines) is 1. The van der Waals surface area contributed by atoms with Gasteiger partial charge < -0.3 is 15.4 Å². The maximum Gasteiger partial charge on any atom is 0.0623 e. The van der Waals surface area contributed by atoms with Gasteiger partial charge in [0, 0.05) is 37.8 Å². The first-order valence-corrected chi connectivity index (χ1v) is 11.2. The van der Waals surface area contributed by atoms with E-state index in [2.05, 4.69) is 46.7 Å². The number of hydrogen-bond acceptors (Lipinski definition) is 4. The summed E-state index contributed by atoms with van der Waals surface area (Å²) < 4.78 is 5.69. The van der Waals surface area contributed by atoms with Gasteiger partial charge in [0.25, 0.3) is 0 Å². The maximum absolute atomic E-state index is 5.69. The summed E-state index contributed by atoms with van der Waals surface area (Å²) in [6.07, 6.45) is 8.07. The number of nitrogens with zero attached hydrogens (tertiary/aromatic N) is 1. The lowest BCUT2D eigenvalue weighted by atomic mass is 9.94. The van der Waals surface area contributed by atoms with Gasteiger partial charge in [0.05, 0.1) is 13.2 Å². The Morgan fingerprint density at radius 1 is 1.07 bits per heavy atom. The predicted octanol–water partition coefficient (Wildman–Crippen LogP) is 3.31. The number of hydrogen-bond donors (Lipinski definition) is 2. The molecular formula is C23H37N3O. The quantitative estimate of drug-likeness (QED) is 0.804. The second-order valence-electron chi connectivity index (χ2n) is 8.85. The van der Waals surface area contributed by atoms with E-state index in [1.807, 2.05) is 0 Å². The lowest BCUT2D eigenvalue weighted by Gasteiger charge is -2.33. The van der Waals surface area contributed by atoms with Crippen LogP contribution in [0, 0.1) is 5.92 Å². The summed E-state index contributed by atoms with van der Waals surface area (Å²) in [5.41, 5.74) is 2.86. The summed E-state index contributed by atoms with van der Waals surface area (Å²) in [6.45, 7) is 8.47. The molecule has 1 aliphatic carbocycles. The Kier molecular flexibility index (Phi) is 6.82. The molecule has 4 atom stereocenters. The van der Waals surface area contributed by atoms with E-state index in [0.29, 0.717) is 18.0 Å². The average molecular weight is 372 g/mol. The Hall–Kier alpha value is -0.940. The van der Waals surface area contributed by atoms with Crippen LogP contribution in [-0.4, -0.2) is 49.3 Å². The van der Waals surface area contributed by atoms with Crippen LogP contribution < -0.4 is 10.6 Å². The van der Waals surface area contributed by atoms with Crippen molar-refractivity contribution in [3.05, 3.63) is 35.4 Å². The van der Waals surface area contributed by atoms with Crippen molar-refractivity contribution in [1.29, 1.82) is 0 Å². The monoisotopic (exact) mass is 371 g/mol. The molecule has 0 spiro atoms. The van der Waals surface area contributed by atoms with Crippen LogP contribution in [0.25, 0.3) is 0 Å². The normalized spacial score (nSPS) is 32.6. The van der Waals surface area contributed by atoms with Crippen LogP contribution in [0.3, 0.4) is 0 Å². The summed E-state index contributed by atoms with van der Waals surface area (Å²) in [5, 5.41) is 7.52. The van der Waals surface area contributed by atoms with E-state index in [4.69, 9.17) is 4.74 Å². The van der Waals surface area contributed by atoms with Crippen LogP contribution in [0.4, 0.5) is 0 Å². The van der Waals surface area contributed by atoms with Gasteiger partial charge in [-0.3, -0.25) is 4.90 Å². The minimum atomic E-state index is 0.535. The Morgan fingerprint density at radius 3 is 2.70 bits per heavy atom. The molecule has 1 aromatic rings. The van der Waals surface area contributed by atoms with E-state index >= 15 is 0 Å². The van der Waals surface area contributed by atoms with Gasteiger partial charge in [-0.05, 0) is 56.2 Å². The number of benzene rings is 1. The van der Waals surface area contributed by atoms with Crippen LogP contribution in [0.15, 0.2) is 24.3 Å². The molecule has 2 N–H and O–H groups in total. The highest BCUT2D eigenvalue weighted by Gasteiger charge is 2.34. The highest BCUT2D eigenvalue weighted by atomic mass is 16.5. The van der Waals surface area contributed by atoms with E-state index in [0.717, 1.165) is 38.9 Å². The molecule has 1 saturated carbocycles. The number of morpholine rings is 1. The molecule has 2 aliphatic heterocycles. The van der Waals surface area contributed by atoms with E-state index < -0.39 is 0 Å². The SMILES string of the molecule is CC1CCCCN1Cc1ccc(CNC2CCCC2C2COCCN2)cc1. The number of nitrogens with one attached hydrogen (secondary N) is 2. The van der Waals surface area contributed by atoms with Gasteiger partial charge in [0.1, 0.15) is 0 Å². The highest BCUT2D eigenvalue weighted by molar-refractivity contribution is 5.22. The topological polar surface area (TPSA) is 36.5 Å². The molecule has 0 aromatic heterocycles. The van der Waals surface area contributed by atoms with Crippen molar-refractivity contribution in [3.63, 3.8) is 0 Å². The fraction of sp³-hybridized carbons (Fsp3) is 0.739. The largest absolute Gasteiger partial charge is 0.379 e. The third-order valence-corrected chi connectivity index (χ3v) is 6.95. The first-order chi connectivity index (χ1) is 13.3. The van der Waals surface area contributed by atoms with Gasteiger partial charge in [-0.25, -0.2) is 0 Å². The standard InChI is InChI=1S/C23H37N3O/c1-18-5-2-3-13-26(18)16-20-10-8-19(9-11-20)15-25-22-7-4-6-21(22)23-17-27-14-12-24-23/h8-11,18,21-25H,2-7,12-17H2,1H3. The molecule has 4 heteroatoms. The predicted molar refractivity (Wildman–Crippen MR) is 111 cm³/mol. The molecule has 150 valence electrons. The van der Waals surface area contributed by atoms with Gasteiger partial charge in [-0.2, -0.15) is 0 Å². The van der Waals surface area contributed by atoms with Crippen LogP contribution in [-0.2, 0) is 17.8 Å². The summed E-state index contributed by atoms with van der Waals surface area (Å²) in [4.78, 5) is 2.64. The number of rotatable bonds is 6. The molecule has 3 fully saturated rings. The fourth-order valence-electron chi connectivity index (χ4n) is 5.22. The fourth-order valence-corrected chi connectivity index (χ4v) is 5.22. The zero-order valence-electron chi connectivity index (χ0n) is 17.0. The maximum atomic E-state index is 5.69. The first kappa shape index (κ1) is 19.4. The molecule has 2 heterocycles. The van der Waals surface area contributed by atoms with Gasteiger partial charge >= 0.3 is 0 Å². The molecule has 3 aliphatic rings. The van der Waals surface area contributed by atoms with Gasteiger partial charge in [-0.15, -0.1) is 0 Å². The lowest BCUT2D eigenvalue weighted by molar-refractivity contribution is 0.0524. The van der Waals surface area contributed by atoms with Crippen molar-refractivity contribution in [2.45, 2.75) is 76.7 Å². The number of ether oxygens (including phenoxy) is 1. The Labute approximate surface area is 165 Å². The Balaban J connectivity index is 1.27. The average Bonchev–Trinajstić information content (AvgIpc) is 3.18. The minimum Gasteiger partial charge on any atom is -0.379 e. The second kappa shape index (κ2) is 9.51. The van der Waals surface area contributed by atoms with Gasteiger partial charge in [0.2, 0.25) is 0 Å². The van der Waals surface area contributed by atoms with Crippen LogP contribution >= 0.6 is 0 Å². The summed E-state index contributed by atoms with van der Waals surface area (Å²) in [7, 11) is 0. The summed E-state index contributed by atoms with van der Waals surface area (Å²) in [6, 6.07) is 11.2. The van der Waals surface area contributed by atoms with Crippen molar-refractivity contribution >= 4 is 0 Å². The smallest absolute Gasteiger partial charge is 0.0623 e. The Bertz CT molecular complexity index is 569. The van der Waals surface area contributed by atoms with Crippen molar-refractivity contribution < 1.29 is 4.74 Å². The molecule has 4 nitrogen and oxygen atoms in total. The first-order valence-electron chi connectivity index (χ1n) is 11.2. The zero-order chi connectivity index (χ0) is 18.5. The molecule has 0 bridgehead atoms. The second-order valence-corrected chi connectivity index (χ2v) is 8.85. The minimum absolute atomic E-state index is 0.535.